The van der Waals surface area contributed by atoms with Gasteiger partial charge in [0.1, 0.15) is 15.8 Å². The van der Waals surface area contributed by atoms with Gasteiger partial charge in [0, 0.05) is 23.9 Å². The van der Waals surface area contributed by atoms with Crippen molar-refractivity contribution in [2.75, 3.05) is 18.9 Å². The largest absolute Gasteiger partial charge is 0.492 e. The number of hydrogen-bond acceptors (Lipinski definition) is 7. The van der Waals surface area contributed by atoms with E-state index in [0.29, 0.717) is 33.5 Å². The zero-order valence-corrected chi connectivity index (χ0v) is 21.6. The van der Waals surface area contributed by atoms with Gasteiger partial charge in [-0.1, -0.05) is 53.8 Å². The molecule has 2 heterocycles. The van der Waals surface area contributed by atoms with Crippen molar-refractivity contribution in [1.29, 1.82) is 0 Å². The summed E-state index contributed by atoms with van der Waals surface area (Å²) in [6, 6.07) is 14.8. The number of amides is 1. The summed E-state index contributed by atoms with van der Waals surface area (Å²) in [5.74, 6) is -0.484. The average Bonchev–Trinajstić information content (AvgIpc) is 3.35. The number of ether oxygens (including phenoxy) is 1. The molecule has 35 heavy (non-hydrogen) atoms. The van der Waals surface area contributed by atoms with Crippen molar-refractivity contribution in [1.82, 2.24) is 14.7 Å². The summed E-state index contributed by atoms with van der Waals surface area (Å²) in [7, 11) is -4.24. The number of rotatable bonds is 8. The topological polar surface area (TPSA) is 102 Å². The van der Waals surface area contributed by atoms with Crippen LogP contribution in [-0.4, -0.2) is 56.8 Å². The SMILES string of the molecule is CCOc1ccc(-c2nn(-c3ccccc3)cc2/C=C2\SC(=S)N(CCS(=O)(=O)O)C2=O)cc1Cl. The molecule has 1 saturated heterocycles. The molecule has 1 amide bonds. The van der Waals surface area contributed by atoms with Crippen LogP contribution in [0.25, 0.3) is 23.0 Å². The maximum atomic E-state index is 12.9. The van der Waals surface area contributed by atoms with E-state index in [1.807, 2.05) is 43.3 Å². The Balaban J connectivity index is 1.75. The predicted molar refractivity (Wildman–Crippen MR) is 141 cm³/mol. The smallest absolute Gasteiger partial charge is 0.266 e. The molecule has 0 bridgehead atoms. The van der Waals surface area contributed by atoms with Crippen LogP contribution in [0.2, 0.25) is 5.02 Å². The highest BCUT2D eigenvalue weighted by Gasteiger charge is 2.33. The lowest BCUT2D eigenvalue weighted by molar-refractivity contribution is -0.121. The molecule has 3 aromatic rings. The third kappa shape index (κ3) is 5.93. The van der Waals surface area contributed by atoms with Gasteiger partial charge in [0.15, 0.2) is 0 Å². The van der Waals surface area contributed by atoms with E-state index in [9.17, 15) is 13.2 Å². The second-order valence-corrected chi connectivity index (χ2v) is 11.1. The van der Waals surface area contributed by atoms with Crippen LogP contribution in [0.15, 0.2) is 59.6 Å². The van der Waals surface area contributed by atoms with E-state index < -0.39 is 21.8 Å². The van der Waals surface area contributed by atoms with Gasteiger partial charge >= 0.3 is 0 Å². The number of thiocarbonyl (C=S) groups is 1. The lowest BCUT2D eigenvalue weighted by Gasteiger charge is -2.12. The summed E-state index contributed by atoms with van der Waals surface area (Å²) in [6.07, 6.45) is 3.46. The number of thioether (sulfide) groups is 1. The third-order valence-corrected chi connectivity index (χ3v) is 7.37. The van der Waals surface area contributed by atoms with Crippen molar-refractivity contribution in [2.45, 2.75) is 6.92 Å². The molecular formula is C23H20ClN3O5S3. The maximum absolute atomic E-state index is 12.9. The van der Waals surface area contributed by atoms with Crippen molar-refractivity contribution in [3.8, 4) is 22.7 Å². The van der Waals surface area contributed by atoms with Crippen molar-refractivity contribution in [3.05, 3.63) is 70.2 Å². The quantitative estimate of drug-likeness (QED) is 0.245. The van der Waals surface area contributed by atoms with Gasteiger partial charge in [-0.2, -0.15) is 13.5 Å². The van der Waals surface area contributed by atoms with Crippen LogP contribution in [0.1, 0.15) is 12.5 Å². The van der Waals surface area contributed by atoms with Gasteiger partial charge in [0.05, 0.1) is 28.0 Å². The van der Waals surface area contributed by atoms with Gasteiger partial charge in [-0.15, -0.1) is 0 Å². The number of nitrogens with zero attached hydrogens (tertiary/aromatic N) is 3. The second-order valence-electron chi connectivity index (χ2n) is 7.41. The number of halogens is 1. The fourth-order valence-electron chi connectivity index (χ4n) is 3.39. The Morgan fingerprint density at radius 1 is 1.23 bits per heavy atom. The van der Waals surface area contributed by atoms with E-state index in [1.165, 1.54) is 0 Å². The van der Waals surface area contributed by atoms with Crippen molar-refractivity contribution in [3.63, 3.8) is 0 Å². The van der Waals surface area contributed by atoms with Crippen molar-refractivity contribution < 1.29 is 22.5 Å². The molecule has 0 unspecified atom stereocenters. The van der Waals surface area contributed by atoms with E-state index in [1.54, 1.807) is 29.1 Å². The van der Waals surface area contributed by atoms with Gasteiger partial charge in [0.2, 0.25) is 0 Å². The number of para-hydroxylation sites is 1. The first-order valence-electron chi connectivity index (χ1n) is 10.4. The van der Waals surface area contributed by atoms with E-state index >= 15 is 0 Å². The first-order valence-corrected chi connectivity index (χ1v) is 13.7. The second kappa shape index (κ2) is 10.5. The van der Waals surface area contributed by atoms with Crippen LogP contribution >= 0.6 is 35.6 Å². The number of hydrogen-bond donors (Lipinski definition) is 1. The van der Waals surface area contributed by atoms with Crippen molar-refractivity contribution in [2.24, 2.45) is 0 Å². The Kier molecular flexibility index (Phi) is 7.62. The zero-order valence-electron chi connectivity index (χ0n) is 18.4. The highest BCUT2D eigenvalue weighted by atomic mass is 35.5. The predicted octanol–water partition coefficient (Wildman–Crippen LogP) is 4.68. The Morgan fingerprint density at radius 3 is 2.63 bits per heavy atom. The average molecular weight is 550 g/mol. The van der Waals surface area contributed by atoms with Crippen LogP contribution in [-0.2, 0) is 14.9 Å². The fourth-order valence-corrected chi connectivity index (χ4v) is 5.34. The fraction of sp³-hybridized carbons (Fsp3) is 0.174. The van der Waals surface area contributed by atoms with E-state index in [2.05, 4.69) is 0 Å². The van der Waals surface area contributed by atoms with Gasteiger partial charge in [-0.3, -0.25) is 14.2 Å². The zero-order chi connectivity index (χ0) is 25.2. The molecule has 1 aromatic heterocycles. The highest BCUT2D eigenvalue weighted by molar-refractivity contribution is 8.26. The maximum Gasteiger partial charge on any atom is 0.266 e. The first kappa shape index (κ1) is 25.4. The molecule has 182 valence electrons. The van der Waals surface area contributed by atoms with Crippen LogP contribution in [0.4, 0.5) is 0 Å². The normalized spacial score (nSPS) is 15.3. The third-order valence-electron chi connectivity index (χ3n) is 5.00. The minimum atomic E-state index is -4.24. The Bertz CT molecular complexity index is 1420. The molecule has 1 aliphatic heterocycles. The number of carbonyl (C=O) groups is 1. The van der Waals surface area contributed by atoms with Crippen LogP contribution < -0.4 is 4.74 Å². The molecule has 0 atom stereocenters. The molecule has 0 saturated carbocycles. The van der Waals surface area contributed by atoms with Gasteiger partial charge in [0.25, 0.3) is 16.0 Å². The standard InChI is InChI=1S/C23H20ClN3O5S3/c1-2-32-19-9-8-15(12-18(19)24)21-16(14-27(25-21)17-6-4-3-5-7-17)13-20-22(28)26(23(33)34-20)10-11-35(29,30)31/h3-9,12-14H,2,10-11H2,1H3,(H,29,30,31)/b20-13-. The minimum absolute atomic E-state index is 0.214. The van der Waals surface area contributed by atoms with E-state index in [0.717, 1.165) is 27.9 Å². The van der Waals surface area contributed by atoms with Crippen LogP contribution in [0.3, 0.4) is 0 Å². The molecule has 12 heteroatoms. The van der Waals surface area contributed by atoms with Gasteiger partial charge in [-0.25, -0.2) is 4.68 Å². The van der Waals surface area contributed by atoms with Gasteiger partial charge in [-0.05, 0) is 43.3 Å². The summed E-state index contributed by atoms with van der Waals surface area (Å²) in [5, 5.41) is 5.17. The lowest BCUT2D eigenvalue weighted by atomic mass is 10.1. The number of benzene rings is 2. The van der Waals surface area contributed by atoms with Crippen LogP contribution in [0.5, 0.6) is 5.75 Å². The molecule has 0 radical (unpaired) electrons. The number of aromatic nitrogens is 2. The molecule has 2 aromatic carbocycles. The van der Waals surface area contributed by atoms with E-state index in [4.69, 9.17) is 38.2 Å². The van der Waals surface area contributed by atoms with Crippen LogP contribution in [0, 0.1) is 0 Å². The van der Waals surface area contributed by atoms with E-state index in [-0.39, 0.29) is 10.9 Å². The summed E-state index contributed by atoms with van der Waals surface area (Å²) < 4.78 is 38.7. The summed E-state index contributed by atoms with van der Waals surface area (Å²) in [6.45, 7) is 2.12. The molecule has 1 aliphatic rings. The first-order chi connectivity index (χ1) is 16.7. The summed E-state index contributed by atoms with van der Waals surface area (Å²) in [4.78, 5) is 14.4. The monoisotopic (exact) mass is 549 g/mol. The molecule has 8 nitrogen and oxygen atoms in total. The summed E-state index contributed by atoms with van der Waals surface area (Å²) >= 11 is 12.7. The Hall–Kier alpha value is -2.70. The Labute approximate surface area is 217 Å². The molecule has 4 rings (SSSR count). The minimum Gasteiger partial charge on any atom is -0.492 e. The molecule has 0 spiro atoms. The Morgan fingerprint density at radius 2 is 1.97 bits per heavy atom. The molecule has 0 aliphatic carbocycles. The lowest BCUT2D eigenvalue weighted by Crippen LogP contribution is -2.32. The van der Waals surface area contributed by atoms with Gasteiger partial charge < -0.3 is 4.74 Å². The van der Waals surface area contributed by atoms with Crippen molar-refractivity contribution >= 4 is 62.0 Å². The summed E-state index contributed by atoms with van der Waals surface area (Å²) in [5.41, 5.74) is 2.78. The number of carbonyl (C=O) groups excluding carboxylic acids is 1. The molecule has 1 fully saturated rings. The highest BCUT2D eigenvalue weighted by Crippen LogP contribution is 2.36. The molecule has 1 N–H and O–H groups in total. The molecular weight excluding hydrogens is 530 g/mol.